The molecule has 0 heterocycles. The lowest BCUT2D eigenvalue weighted by molar-refractivity contribution is -0.120. The zero-order chi connectivity index (χ0) is 16.7. The lowest BCUT2D eigenvalue weighted by Crippen LogP contribution is -2.29. The molecule has 1 aromatic rings. The first-order valence-electron chi connectivity index (χ1n) is 8.00. The van der Waals surface area contributed by atoms with Crippen LogP contribution in [0, 0.1) is 11.8 Å². The number of nitrogens with one attached hydrogen (secondary N) is 1. The molecule has 0 aromatic heterocycles. The smallest absolute Gasteiger partial charge is 0.227 e. The number of carbonyl (C=O) groups is 1. The molecule has 23 heavy (non-hydrogen) atoms. The molecule has 6 nitrogen and oxygen atoms in total. The maximum atomic E-state index is 12.5. The predicted octanol–water partition coefficient (Wildman–Crippen LogP) is 2.03. The first-order chi connectivity index (χ1) is 11.2. The molecule has 1 fully saturated rings. The molecule has 0 spiro atoms. The predicted molar refractivity (Wildman–Crippen MR) is 88.9 cm³/mol. The summed E-state index contributed by atoms with van der Waals surface area (Å²) < 4.78 is 15.9. The van der Waals surface area contributed by atoms with Gasteiger partial charge in [0, 0.05) is 24.8 Å². The number of amides is 1. The van der Waals surface area contributed by atoms with Crippen molar-refractivity contribution in [3.63, 3.8) is 0 Å². The molecule has 1 aliphatic carbocycles. The maximum Gasteiger partial charge on any atom is 0.227 e. The molecule has 0 radical (unpaired) electrons. The third kappa shape index (κ3) is 4.59. The molecule has 1 aromatic carbocycles. The van der Waals surface area contributed by atoms with Gasteiger partial charge in [0.05, 0.1) is 13.7 Å². The summed E-state index contributed by atoms with van der Waals surface area (Å²) in [6.07, 6.45) is 3.00. The summed E-state index contributed by atoms with van der Waals surface area (Å²) in [4.78, 5) is 12.5. The number of anilines is 1. The minimum absolute atomic E-state index is 0.0000357. The molecule has 3 N–H and O–H groups in total. The van der Waals surface area contributed by atoms with Gasteiger partial charge in [-0.1, -0.05) is 6.42 Å². The van der Waals surface area contributed by atoms with Crippen LogP contribution in [0.15, 0.2) is 18.2 Å². The Balaban J connectivity index is 2.04. The fraction of sp³-hybridized carbons (Fsp3) is 0.588. The summed E-state index contributed by atoms with van der Waals surface area (Å²) in [6.45, 7) is 1.47. The van der Waals surface area contributed by atoms with Crippen molar-refractivity contribution in [2.75, 3.05) is 39.3 Å². The van der Waals surface area contributed by atoms with Crippen molar-refractivity contribution < 1.29 is 19.0 Å². The maximum absolute atomic E-state index is 12.5. The van der Waals surface area contributed by atoms with Crippen LogP contribution in [0.5, 0.6) is 11.5 Å². The van der Waals surface area contributed by atoms with Gasteiger partial charge in [-0.3, -0.25) is 4.79 Å². The van der Waals surface area contributed by atoms with E-state index in [-0.39, 0.29) is 17.7 Å². The molecule has 6 heteroatoms. The van der Waals surface area contributed by atoms with E-state index in [1.54, 1.807) is 26.4 Å². The van der Waals surface area contributed by atoms with Gasteiger partial charge >= 0.3 is 0 Å². The van der Waals surface area contributed by atoms with Crippen molar-refractivity contribution >= 4 is 11.6 Å². The molecule has 1 amide bonds. The molecular formula is C17H26N2O4. The number of rotatable bonds is 8. The van der Waals surface area contributed by atoms with Gasteiger partial charge in [0.15, 0.2) is 11.5 Å². The lowest BCUT2D eigenvalue weighted by atomic mass is 9.95. The fourth-order valence-electron chi connectivity index (χ4n) is 3.00. The highest BCUT2D eigenvalue weighted by atomic mass is 16.5. The van der Waals surface area contributed by atoms with Crippen LogP contribution in [-0.2, 0) is 9.53 Å². The van der Waals surface area contributed by atoms with Crippen LogP contribution < -0.4 is 20.5 Å². The second kappa shape index (κ2) is 8.74. The lowest BCUT2D eigenvalue weighted by Gasteiger charge is -2.18. The number of hydrogen-bond acceptors (Lipinski definition) is 5. The number of methoxy groups -OCH3 is 2. The van der Waals surface area contributed by atoms with E-state index >= 15 is 0 Å². The van der Waals surface area contributed by atoms with Gasteiger partial charge < -0.3 is 25.3 Å². The van der Waals surface area contributed by atoms with Crippen LogP contribution in [0.25, 0.3) is 0 Å². The standard InChI is InChI=1S/C17H26N2O4/c1-21-8-9-23-16-10-13(6-7-15(16)22-2)19-17(20)14-5-3-4-12(14)11-18/h6-7,10,12,14H,3-5,8-9,11,18H2,1-2H3,(H,19,20)/t12-,14-/m1/s1. The minimum atomic E-state index is -0.0000357. The van der Waals surface area contributed by atoms with Gasteiger partial charge in [0.1, 0.15) is 6.61 Å². The van der Waals surface area contributed by atoms with Crippen molar-refractivity contribution in [1.29, 1.82) is 0 Å². The Morgan fingerprint density at radius 2 is 2.09 bits per heavy atom. The molecule has 0 unspecified atom stereocenters. The number of hydrogen-bond donors (Lipinski definition) is 2. The van der Waals surface area contributed by atoms with E-state index in [0.29, 0.717) is 36.9 Å². The Morgan fingerprint density at radius 3 is 2.78 bits per heavy atom. The summed E-state index contributed by atoms with van der Waals surface area (Å²) >= 11 is 0. The Kier molecular flexibility index (Phi) is 6.67. The number of carbonyl (C=O) groups excluding carboxylic acids is 1. The fourth-order valence-corrected chi connectivity index (χ4v) is 3.00. The second-order valence-electron chi connectivity index (χ2n) is 5.73. The summed E-state index contributed by atoms with van der Waals surface area (Å²) in [6, 6.07) is 5.37. The van der Waals surface area contributed by atoms with Gasteiger partial charge in [-0.2, -0.15) is 0 Å². The first kappa shape index (κ1) is 17.6. The number of nitrogens with two attached hydrogens (primary N) is 1. The molecule has 128 valence electrons. The van der Waals surface area contributed by atoms with E-state index in [1.165, 1.54) is 0 Å². The highest BCUT2D eigenvalue weighted by Crippen LogP contribution is 2.34. The average molecular weight is 322 g/mol. The number of ether oxygens (including phenoxy) is 3. The van der Waals surface area contributed by atoms with E-state index < -0.39 is 0 Å². The second-order valence-corrected chi connectivity index (χ2v) is 5.73. The highest BCUT2D eigenvalue weighted by molar-refractivity contribution is 5.93. The minimum Gasteiger partial charge on any atom is -0.493 e. The Bertz CT molecular complexity index is 521. The summed E-state index contributed by atoms with van der Waals surface area (Å²) in [5, 5.41) is 2.97. The molecule has 1 saturated carbocycles. The first-order valence-corrected chi connectivity index (χ1v) is 8.00. The Labute approximate surface area is 137 Å². The monoisotopic (exact) mass is 322 g/mol. The Morgan fingerprint density at radius 1 is 1.26 bits per heavy atom. The zero-order valence-corrected chi connectivity index (χ0v) is 13.8. The summed E-state index contributed by atoms with van der Waals surface area (Å²) in [5.74, 6) is 1.53. The van der Waals surface area contributed by atoms with Crippen molar-refractivity contribution in [2.24, 2.45) is 17.6 Å². The van der Waals surface area contributed by atoms with Gasteiger partial charge in [-0.25, -0.2) is 0 Å². The normalized spacial score (nSPS) is 20.3. The number of benzene rings is 1. The van der Waals surface area contributed by atoms with E-state index in [4.69, 9.17) is 19.9 Å². The van der Waals surface area contributed by atoms with Crippen molar-refractivity contribution in [3.05, 3.63) is 18.2 Å². The van der Waals surface area contributed by atoms with Crippen molar-refractivity contribution in [2.45, 2.75) is 19.3 Å². The van der Waals surface area contributed by atoms with E-state index in [1.807, 2.05) is 6.07 Å². The van der Waals surface area contributed by atoms with Crippen LogP contribution in [0.2, 0.25) is 0 Å². The van der Waals surface area contributed by atoms with Crippen LogP contribution >= 0.6 is 0 Å². The van der Waals surface area contributed by atoms with Gasteiger partial charge in [-0.05, 0) is 37.4 Å². The highest BCUT2D eigenvalue weighted by Gasteiger charge is 2.31. The van der Waals surface area contributed by atoms with Crippen LogP contribution in [0.4, 0.5) is 5.69 Å². The van der Waals surface area contributed by atoms with E-state index in [0.717, 1.165) is 19.3 Å². The topological polar surface area (TPSA) is 82.8 Å². The molecule has 1 aliphatic rings. The van der Waals surface area contributed by atoms with Crippen LogP contribution in [0.3, 0.4) is 0 Å². The van der Waals surface area contributed by atoms with Gasteiger partial charge in [-0.15, -0.1) is 0 Å². The van der Waals surface area contributed by atoms with Gasteiger partial charge in [0.25, 0.3) is 0 Å². The quantitative estimate of drug-likeness (QED) is 0.716. The van der Waals surface area contributed by atoms with Crippen molar-refractivity contribution in [3.8, 4) is 11.5 Å². The molecule has 0 saturated heterocycles. The third-order valence-corrected chi connectivity index (χ3v) is 4.27. The van der Waals surface area contributed by atoms with Crippen LogP contribution in [-0.4, -0.2) is 39.9 Å². The van der Waals surface area contributed by atoms with Gasteiger partial charge in [0.2, 0.25) is 5.91 Å². The summed E-state index contributed by atoms with van der Waals surface area (Å²) in [5.41, 5.74) is 6.46. The molecule has 2 atom stereocenters. The Hall–Kier alpha value is -1.79. The third-order valence-electron chi connectivity index (χ3n) is 4.27. The van der Waals surface area contributed by atoms with E-state index in [2.05, 4.69) is 5.32 Å². The average Bonchev–Trinajstić information content (AvgIpc) is 3.04. The molecule has 0 aliphatic heterocycles. The van der Waals surface area contributed by atoms with Crippen LogP contribution in [0.1, 0.15) is 19.3 Å². The molecule has 0 bridgehead atoms. The SMILES string of the molecule is COCCOc1cc(NC(=O)[C@@H]2CCC[C@@H]2CN)ccc1OC. The van der Waals surface area contributed by atoms with E-state index in [9.17, 15) is 4.79 Å². The molecular weight excluding hydrogens is 296 g/mol. The zero-order valence-electron chi connectivity index (χ0n) is 13.8. The molecule has 2 rings (SSSR count). The largest absolute Gasteiger partial charge is 0.493 e. The summed E-state index contributed by atoms with van der Waals surface area (Å²) in [7, 11) is 3.20. The van der Waals surface area contributed by atoms with Crippen molar-refractivity contribution in [1.82, 2.24) is 0 Å².